The Kier molecular flexibility index (Phi) is 9.33. The Labute approximate surface area is 243 Å². The first-order chi connectivity index (χ1) is 19.9. The molecular formula is C26H23ClF3N5O6S. The van der Waals surface area contributed by atoms with Crippen molar-refractivity contribution in [3.63, 3.8) is 0 Å². The van der Waals surface area contributed by atoms with E-state index in [1.54, 1.807) is 6.07 Å². The molecule has 1 saturated heterocycles. The van der Waals surface area contributed by atoms with E-state index in [0.717, 1.165) is 12.3 Å². The number of non-ortho nitro benzene ring substituents is 1. The molecule has 4 rings (SSSR count). The summed E-state index contributed by atoms with van der Waals surface area (Å²) in [4.78, 5) is 25.3. The minimum absolute atomic E-state index is 0.223. The van der Waals surface area contributed by atoms with Crippen molar-refractivity contribution in [2.45, 2.75) is 11.1 Å². The van der Waals surface area contributed by atoms with Crippen LogP contribution < -0.4 is 14.6 Å². The third-order valence-electron chi connectivity index (χ3n) is 6.13. The highest BCUT2D eigenvalue weighted by molar-refractivity contribution is 7.92. The molecule has 0 bridgehead atoms. The van der Waals surface area contributed by atoms with E-state index >= 15 is 0 Å². The number of nitrogens with one attached hydrogen (secondary N) is 1. The maximum atomic E-state index is 13.5. The number of nitro benzene ring substituents is 1. The molecule has 1 fully saturated rings. The fraction of sp³-hybridized carbons (Fsp3) is 0.231. The van der Waals surface area contributed by atoms with Crippen molar-refractivity contribution < 1.29 is 36.0 Å². The second kappa shape index (κ2) is 12.8. The van der Waals surface area contributed by atoms with Gasteiger partial charge in [0.1, 0.15) is 6.54 Å². The number of sulfonamides is 1. The van der Waals surface area contributed by atoms with Gasteiger partial charge in [-0.1, -0.05) is 29.8 Å². The van der Waals surface area contributed by atoms with Crippen LogP contribution in [0.1, 0.15) is 11.1 Å². The summed E-state index contributed by atoms with van der Waals surface area (Å²) in [5, 5.41) is 14.8. The number of nitrogens with zero attached hydrogens (tertiary/aromatic N) is 4. The maximum absolute atomic E-state index is 13.5. The Balaban J connectivity index is 1.64. The van der Waals surface area contributed by atoms with Gasteiger partial charge in [0.15, 0.2) is 0 Å². The van der Waals surface area contributed by atoms with Crippen molar-refractivity contribution in [3.05, 3.63) is 93.0 Å². The molecule has 0 aliphatic carbocycles. The van der Waals surface area contributed by atoms with Crippen LogP contribution >= 0.6 is 11.6 Å². The number of alkyl halides is 3. The molecule has 11 nitrogen and oxygen atoms in total. The van der Waals surface area contributed by atoms with Gasteiger partial charge in [0.2, 0.25) is 0 Å². The summed E-state index contributed by atoms with van der Waals surface area (Å²) in [6.45, 7) is 0.910. The van der Waals surface area contributed by atoms with E-state index in [1.807, 2.05) is 4.90 Å². The highest BCUT2D eigenvalue weighted by atomic mass is 35.5. The molecule has 0 unspecified atom stereocenters. The third-order valence-corrected chi connectivity index (χ3v) is 8.22. The molecule has 0 atom stereocenters. The van der Waals surface area contributed by atoms with Crippen molar-refractivity contribution in [1.82, 2.24) is 5.43 Å². The van der Waals surface area contributed by atoms with E-state index in [9.17, 15) is 36.5 Å². The molecule has 1 N–H and O–H groups in total. The van der Waals surface area contributed by atoms with Crippen LogP contribution in [0.2, 0.25) is 5.02 Å². The maximum Gasteiger partial charge on any atom is 0.416 e. The monoisotopic (exact) mass is 625 g/mol. The number of amides is 1. The van der Waals surface area contributed by atoms with Gasteiger partial charge in [-0.05, 0) is 36.4 Å². The molecule has 16 heteroatoms. The standard InChI is InChI=1S/C26H23ClF3N5O6S/c27-22-8-6-19(26(28,29)30)15-24(22)34(42(39,40)21-4-2-1-3-5-21)17-25(36)32-31-16-18-14-20(35(37)38)7-9-23(18)33-10-12-41-13-11-33/h1-9,14-16H,10-13,17H2,(H,32,36)/b31-16-. The number of nitro groups is 1. The van der Waals surface area contributed by atoms with E-state index in [0.29, 0.717) is 54.0 Å². The van der Waals surface area contributed by atoms with Gasteiger partial charge in [-0.3, -0.25) is 19.2 Å². The van der Waals surface area contributed by atoms with Crippen molar-refractivity contribution in [1.29, 1.82) is 0 Å². The van der Waals surface area contributed by atoms with Crippen LogP contribution in [-0.2, 0) is 25.7 Å². The van der Waals surface area contributed by atoms with Crippen molar-refractivity contribution in [2.75, 3.05) is 42.1 Å². The number of hydrazone groups is 1. The Morgan fingerprint density at radius 1 is 1.12 bits per heavy atom. The van der Waals surface area contributed by atoms with Crippen LogP contribution in [0.3, 0.4) is 0 Å². The summed E-state index contributed by atoms with van der Waals surface area (Å²) in [7, 11) is -4.57. The van der Waals surface area contributed by atoms with Gasteiger partial charge in [-0.15, -0.1) is 0 Å². The molecule has 3 aromatic carbocycles. The number of hydrogen-bond donors (Lipinski definition) is 1. The third kappa shape index (κ3) is 7.16. The van der Waals surface area contributed by atoms with Crippen LogP contribution in [-0.4, -0.2) is 58.3 Å². The number of ether oxygens (including phenoxy) is 1. The predicted molar refractivity (Wildman–Crippen MR) is 149 cm³/mol. The fourth-order valence-electron chi connectivity index (χ4n) is 4.09. The molecule has 1 heterocycles. The molecule has 0 aromatic heterocycles. The quantitative estimate of drug-likeness (QED) is 0.211. The topological polar surface area (TPSA) is 134 Å². The van der Waals surface area contributed by atoms with Gasteiger partial charge in [-0.2, -0.15) is 18.3 Å². The van der Waals surface area contributed by atoms with E-state index in [1.165, 1.54) is 42.5 Å². The lowest BCUT2D eigenvalue weighted by molar-refractivity contribution is -0.384. The number of morpholine rings is 1. The normalized spacial score (nSPS) is 14.1. The largest absolute Gasteiger partial charge is 0.416 e. The predicted octanol–water partition coefficient (Wildman–Crippen LogP) is 4.45. The smallest absolute Gasteiger partial charge is 0.378 e. The molecule has 0 saturated carbocycles. The Morgan fingerprint density at radius 2 is 1.81 bits per heavy atom. The highest BCUT2D eigenvalue weighted by Crippen LogP contribution is 2.37. The average molecular weight is 626 g/mol. The molecule has 0 radical (unpaired) electrons. The lowest BCUT2D eigenvalue weighted by Gasteiger charge is -2.29. The zero-order valence-electron chi connectivity index (χ0n) is 21.6. The summed E-state index contributed by atoms with van der Waals surface area (Å²) < 4.78 is 73.1. The van der Waals surface area contributed by atoms with Crippen LogP contribution in [0.4, 0.5) is 30.2 Å². The van der Waals surface area contributed by atoms with Crippen molar-refractivity contribution in [3.8, 4) is 0 Å². The second-order valence-electron chi connectivity index (χ2n) is 8.88. The summed E-state index contributed by atoms with van der Waals surface area (Å²) in [6, 6.07) is 13.0. The van der Waals surface area contributed by atoms with E-state index in [2.05, 4.69) is 10.5 Å². The molecule has 0 spiro atoms. The lowest BCUT2D eigenvalue weighted by Crippen LogP contribution is -2.40. The zero-order chi connectivity index (χ0) is 30.5. The van der Waals surface area contributed by atoms with Crippen molar-refractivity contribution >= 4 is 50.8 Å². The minimum Gasteiger partial charge on any atom is -0.378 e. The first-order valence-electron chi connectivity index (χ1n) is 12.3. The Bertz CT molecular complexity index is 1600. The summed E-state index contributed by atoms with van der Waals surface area (Å²) in [5.74, 6) is -1.02. The van der Waals surface area contributed by atoms with Gasteiger partial charge in [-0.25, -0.2) is 13.8 Å². The average Bonchev–Trinajstić information content (AvgIpc) is 2.96. The zero-order valence-corrected chi connectivity index (χ0v) is 23.2. The number of carbonyl (C=O) groups is 1. The molecule has 1 aliphatic rings. The first-order valence-corrected chi connectivity index (χ1v) is 14.1. The Hall–Kier alpha value is -4.21. The molecule has 1 aliphatic heterocycles. The summed E-state index contributed by atoms with van der Waals surface area (Å²) in [6.07, 6.45) is -3.66. The number of rotatable bonds is 9. The number of benzene rings is 3. The van der Waals surface area contributed by atoms with Gasteiger partial charge < -0.3 is 9.64 Å². The molecule has 222 valence electrons. The second-order valence-corrected chi connectivity index (χ2v) is 11.2. The fourth-order valence-corrected chi connectivity index (χ4v) is 5.81. The molecule has 42 heavy (non-hydrogen) atoms. The van der Waals surface area contributed by atoms with Crippen molar-refractivity contribution in [2.24, 2.45) is 5.10 Å². The first kappa shape index (κ1) is 30.7. The number of hydrogen-bond acceptors (Lipinski definition) is 8. The van der Waals surface area contributed by atoms with Gasteiger partial charge >= 0.3 is 6.18 Å². The van der Waals surface area contributed by atoms with Gasteiger partial charge in [0, 0.05) is 36.5 Å². The van der Waals surface area contributed by atoms with Gasteiger partial charge in [0.05, 0.1) is 45.5 Å². The summed E-state index contributed by atoms with van der Waals surface area (Å²) >= 11 is 6.13. The highest BCUT2D eigenvalue weighted by Gasteiger charge is 2.34. The SMILES string of the molecule is O=C(CN(c1cc(C(F)(F)F)ccc1Cl)S(=O)(=O)c1ccccc1)N/N=C\c1cc([N+](=O)[O-])ccc1N1CCOCC1. The summed E-state index contributed by atoms with van der Waals surface area (Å²) in [5.41, 5.74) is 1.06. The molecule has 1 amide bonds. The number of anilines is 2. The van der Waals surface area contributed by atoms with Crippen LogP contribution in [0, 0.1) is 10.1 Å². The Morgan fingerprint density at radius 3 is 2.45 bits per heavy atom. The number of carbonyl (C=O) groups excluding carboxylic acids is 1. The minimum atomic E-state index is -4.81. The molecular weight excluding hydrogens is 603 g/mol. The van der Waals surface area contributed by atoms with Crippen LogP contribution in [0.25, 0.3) is 0 Å². The van der Waals surface area contributed by atoms with E-state index in [4.69, 9.17) is 16.3 Å². The van der Waals surface area contributed by atoms with E-state index < -0.39 is 44.8 Å². The van der Waals surface area contributed by atoms with E-state index in [-0.39, 0.29) is 15.6 Å². The van der Waals surface area contributed by atoms with Crippen LogP contribution in [0.5, 0.6) is 0 Å². The lowest BCUT2D eigenvalue weighted by atomic mass is 10.1. The number of halogens is 4. The molecule has 3 aromatic rings. The van der Waals surface area contributed by atoms with Crippen LogP contribution in [0.15, 0.2) is 76.7 Å². The van der Waals surface area contributed by atoms with Gasteiger partial charge in [0.25, 0.3) is 21.6 Å².